The summed E-state index contributed by atoms with van der Waals surface area (Å²) in [7, 11) is 0. The van der Waals surface area contributed by atoms with Crippen LogP contribution in [0, 0.1) is 25.7 Å². The molecule has 0 aliphatic carbocycles. The van der Waals surface area contributed by atoms with E-state index < -0.39 is 0 Å². The number of carbonyl (C=O) groups excluding carboxylic acids is 1. The van der Waals surface area contributed by atoms with Gasteiger partial charge in [-0.05, 0) is 44.0 Å². The van der Waals surface area contributed by atoms with Crippen molar-refractivity contribution in [1.29, 1.82) is 0 Å². The zero-order valence-corrected chi connectivity index (χ0v) is 10.5. The van der Waals surface area contributed by atoms with Crippen LogP contribution in [0.25, 0.3) is 0 Å². The second kappa shape index (κ2) is 5.33. The van der Waals surface area contributed by atoms with Crippen LogP contribution in [0.1, 0.15) is 27.0 Å². The molecule has 1 heteroatoms. The van der Waals surface area contributed by atoms with Crippen LogP contribution in [0.3, 0.4) is 0 Å². The first-order valence-corrected chi connectivity index (χ1v) is 5.85. The van der Waals surface area contributed by atoms with E-state index in [1.807, 2.05) is 62.4 Å². The second-order valence-corrected chi connectivity index (χ2v) is 4.32. The van der Waals surface area contributed by atoms with E-state index in [2.05, 4.69) is 11.8 Å². The molecule has 0 aliphatic rings. The zero-order chi connectivity index (χ0) is 13.0. The van der Waals surface area contributed by atoms with Crippen molar-refractivity contribution < 1.29 is 4.79 Å². The third-order valence-electron chi connectivity index (χ3n) is 2.58. The Hall–Kier alpha value is -2.33. The van der Waals surface area contributed by atoms with Crippen LogP contribution in [0.15, 0.2) is 48.5 Å². The van der Waals surface area contributed by atoms with Crippen molar-refractivity contribution in [3.8, 4) is 11.8 Å². The smallest absolute Gasteiger partial charge is 0.236 e. The molecule has 0 bridgehead atoms. The Labute approximate surface area is 107 Å². The van der Waals surface area contributed by atoms with Crippen LogP contribution in [0.5, 0.6) is 0 Å². The fourth-order valence-electron chi connectivity index (χ4n) is 1.83. The Morgan fingerprint density at radius 2 is 1.56 bits per heavy atom. The molecule has 0 aromatic heterocycles. The predicted molar refractivity (Wildman–Crippen MR) is 73.6 cm³/mol. The Morgan fingerprint density at radius 1 is 0.944 bits per heavy atom. The minimum atomic E-state index is -0.134. The summed E-state index contributed by atoms with van der Waals surface area (Å²) in [4.78, 5) is 11.9. The quantitative estimate of drug-likeness (QED) is 0.545. The molecular weight excluding hydrogens is 220 g/mol. The molecule has 0 radical (unpaired) electrons. The molecule has 2 aromatic carbocycles. The van der Waals surface area contributed by atoms with Crippen LogP contribution >= 0.6 is 0 Å². The summed E-state index contributed by atoms with van der Waals surface area (Å²) < 4.78 is 0. The molecule has 1 nitrogen and oxygen atoms in total. The minimum Gasteiger partial charge on any atom is -0.279 e. The van der Waals surface area contributed by atoms with Gasteiger partial charge in [-0.2, -0.15) is 0 Å². The van der Waals surface area contributed by atoms with Gasteiger partial charge in [-0.1, -0.05) is 41.3 Å². The summed E-state index contributed by atoms with van der Waals surface area (Å²) in [5, 5.41) is 0. The molecule has 0 atom stereocenters. The van der Waals surface area contributed by atoms with E-state index in [1.165, 1.54) is 0 Å². The van der Waals surface area contributed by atoms with E-state index in [-0.39, 0.29) is 5.78 Å². The van der Waals surface area contributed by atoms with Crippen LogP contribution in [0.4, 0.5) is 0 Å². The number of hydrogen-bond donors (Lipinski definition) is 0. The maximum atomic E-state index is 11.9. The molecule has 2 rings (SSSR count). The lowest BCUT2D eigenvalue weighted by Gasteiger charge is -1.99. The highest BCUT2D eigenvalue weighted by molar-refractivity contribution is 6.09. The first-order chi connectivity index (χ1) is 8.65. The number of benzene rings is 2. The molecule has 0 saturated heterocycles. The highest BCUT2D eigenvalue weighted by Crippen LogP contribution is 2.09. The van der Waals surface area contributed by atoms with Gasteiger partial charge in [-0.3, -0.25) is 4.79 Å². The van der Waals surface area contributed by atoms with Crippen molar-refractivity contribution in [3.63, 3.8) is 0 Å². The van der Waals surface area contributed by atoms with Crippen molar-refractivity contribution in [1.82, 2.24) is 0 Å². The first-order valence-electron chi connectivity index (χ1n) is 5.85. The maximum Gasteiger partial charge on any atom is 0.236 e. The van der Waals surface area contributed by atoms with E-state index >= 15 is 0 Å². The van der Waals surface area contributed by atoms with Gasteiger partial charge in [0, 0.05) is 11.1 Å². The number of aryl methyl sites for hydroxylation is 2. The third kappa shape index (κ3) is 3.09. The van der Waals surface area contributed by atoms with E-state index in [9.17, 15) is 4.79 Å². The van der Waals surface area contributed by atoms with E-state index in [4.69, 9.17) is 0 Å². The van der Waals surface area contributed by atoms with Gasteiger partial charge in [0.05, 0.1) is 0 Å². The van der Waals surface area contributed by atoms with Crippen LogP contribution in [-0.4, -0.2) is 5.78 Å². The average molecular weight is 234 g/mol. The van der Waals surface area contributed by atoms with Gasteiger partial charge in [-0.25, -0.2) is 0 Å². The van der Waals surface area contributed by atoms with Gasteiger partial charge in [0.25, 0.3) is 0 Å². The molecule has 0 unspecified atom stereocenters. The fraction of sp³-hybridized carbons (Fsp3) is 0.118. The van der Waals surface area contributed by atoms with Crippen molar-refractivity contribution in [2.45, 2.75) is 13.8 Å². The normalized spacial score (nSPS) is 9.44. The van der Waals surface area contributed by atoms with Crippen molar-refractivity contribution in [3.05, 3.63) is 70.8 Å². The molecule has 0 aliphatic heterocycles. The van der Waals surface area contributed by atoms with Gasteiger partial charge >= 0.3 is 0 Å². The largest absolute Gasteiger partial charge is 0.279 e. The topological polar surface area (TPSA) is 17.1 Å². The SMILES string of the molecule is Cc1cc(C)cc(C(=O)C#Cc2ccccc2)c1. The van der Waals surface area contributed by atoms with Gasteiger partial charge < -0.3 is 0 Å². The van der Waals surface area contributed by atoms with E-state index in [0.717, 1.165) is 16.7 Å². The predicted octanol–water partition coefficient (Wildman–Crippen LogP) is 3.54. The molecule has 18 heavy (non-hydrogen) atoms. The van der Waals surface area contributed by atoms with Gasteiger partial charge in [-0.15, -0.1) is 0 Å². The first kappa shape index (κ1) is 12.1. The monoisotopic (exact) mass is 234 g/mol. The molecule has 0 N–H and O–H groups in total. The minimum absolute atomic E-state index is 0.134. The van der Waals surface area contributed by atoms with Crippen LogP contribution < -0.4 is 0 Å². The summed E-state index contributed by atoms with van der Waals surface area (Å²) in [5.74, 6) is 5.43. The number of carbonyl (C=O) groups is 1. The van der Waals surface area contributed by atoms with E-state index in [0.29, 0.717) is 5.56 Å². The molecule has 0 saturated carbocycles. The Morgan fingerprint density at radius 3 is 2.17 bits per heavy atom. The number of ketones is 1. The molecule has 0 fully saturated rings. The Kier molecular flexibility index (Phi) is 3.60. The second-order valence-electron chi connectivity index (χ2n) is 4.32. The third-order valence-corrected chi connectivity index (χ3v) is 2.58. The lowest BCUT2D eigenvalue weighted by molar-refractivity contribution is 0.105. The summed E-state index contributed by atoms with van der Waals surface area (Å²) in [5.41, 5.74) is 3.69. The Balaban J connectivity index is 2.25. The standard InChI is InChI=1S/C17H14O/c1-13-10-14(2)12-16(11-13)17(18)9-8-15-6-4-3-5-7-15/h3-7,10-12H,1-2H3. The van der Waals surface area contributed by atoms with Gasteiger partial charge in [0.15, 0.2) is 0 Å². The molecule has 0 spiro atoms. The summed E-state index contributed by atoms with van der Waals surface area (Å²) in [6.07, 6.45) is 0. The fourth-order valence-corrected chi connectivity index (χ4v) is 1.83. The van der Waals surface area contributed by atoms with Crippen LogP contribution in [0.2, 0.25) is 0 Å². The molecule has 0 amide bonds. The molecule has 88 valence electrons. The zero-order valence-electron chi connectivity index (χ0n) is 10.5. The number of Topliss-reactive ketones (excluding diaryl/α,β-unsaturated/α-hetero) is 1. The molecular formula is C17H14O. The lowest BCUT2D eigenvalue weighted by Crippen LogP contribution is -1.96. The van der Waals surface area contributed by atoms with Crippen molar-refractivity contribution in [2.75, 3.05) is 0 Å². The van der Waals surface area contributed by atoms with Crippen molar-refractivity contribution in [2.24, 2.45) is 0 Å². The molecule has 2 aromatic rings. The van der Waals surface area contributed by atoms with Gasteiger partial charge in [0.2, 0.25) is 5.78 Å². The maximum absolute atomic E-state index is 11.9. The van der Waals surface area contributed by atoms with Crippen LogP contribution in [-0.2, 0) is 0 Å². The molecule has 0 heterocycles. The Bertz CT molecular complexity index is 607. The number of hydrogen-bond acceptors (Lipinski definition) is 1. The van der Waals surface area contributed by atoms with Gasteiger partial charge in [0.1, 0.15) is 0 Å². The lowest BCUT2D eigenvalue weighted by atomic mass is 10.0. The summed E-state index contributed by atoms with van der Waals surface area (Å²) in [6, 6.07) is 15.3. The van der Waals surface area contributed by atoms with Crippen molar-refractivity contribution >= 4 is 5.78 Å². The number of rotatable bonds is 1. The highest BCUT2D eigenvalue weighted by atomic mass is 16.1. The highest BCUT2D eigenvalue weighted by Gasteiger charge is 2.03. The average Bonchev–Trinajstić information content (AvgIpc) is 2.36. The summed E-state index contributed by atoms with van der Waals surface area (Å²) >= 11 is 0. The summed E-state index contributed by atoms with van der Waals surface area (Å²) in [6.45, 7) is 3.96. The van der Waals surface area contributed by atoms with E-state index in [1.54, 1.807) is 0 Å².